The summed E-state index contributed by atoms with van der Waals surface area (Å²) in [4.78, 5) is 0. The molecule has 1 fully saturated rings. The Kier molecular flexibility index (Phi) is 6.03. The summed E-state index contributed by atoms with van der Waals surface area (Å²) in [6.07, 6.45) is 4.94. The average molecular weight is 314 g/mol. The van der Waals surface area contributed by atoms with Crippen molar-refractivity contribution in [3.8, 4) is 0 Å². The van der Waals surface area contributed by atoms with Gasteiger partial charge in [0.15, 0.2) is 0 Å². The van der Waals surface area contributed by atoms with Crippen LogP contribution in [0.3, 0.4) is 0 Å². The summed E-state index contributed by atoms with van der Waals surface area (Å²) < 4.78 is 20.1. The van der Waals surface area contributed by atoms with E-state index in [1.165, 1.54) is 12.5 Å². The van der Waals surface area contributed by atoms with Crippen LogP contribution in [0.25, 0.3) is 0 Å². The maximum atomic E-state index is 14.0. The lowest BCUT2D eigenvalue weighted by Crippen LogP contribution is -2.53. The van der Waals surface area contributed by atoms with Crippen molar-refractivity contribution in [2.45, 2.75) is 57.6 Å². The molecular formula is C17H25ClFNO. The molecule has 0 bridgehead atoms. The van der Waals surface area contributed by atoms with E-state index in [2.05, 4.69) is 19.2 Å². The van der Waals surface area contributed by atoms with Crippen LogP contribution in [0.2, 0.25) is 5.02 Å². The molecule has 1 saturated heterocycles. The molecule has 0 radical (unpaired) electrons. The summed E-state index contributed by atoms with van der Waals surface area (Å²) >= 11 is 6.01. The van der Waals surface area contributed by atoms with Gasteiger partial charge in [-0.3, -0.25) is 0 Å². The van der Waals surface area contributed by atoms with E-state index >= 15 is 0 Å². The molecule has 1 aliphatic rings. The lowest BCUT2D eigenvalue weighted by atomic mass is 9.84. The van der Waals surface area contributed by atoms with Crippen molar-refractivity contribution < 1.29 is 9.13 Å². The van der Waals surface area contributed by atoms with Crippen LogP contribution in [-0.4, -0.2) is 24.8 Å². The minimum atomic E-state index is -0.234. The Morgan fingerprint density at radius 2 is 2.24 bits per heavy atom. The number of ether oxygens (including phenoxy) is 1. The zero-order valence-corrected chi connectivity index (χ0v) is 13.7. The Morgan fingerprint density at radius 3 is 2.90 bits per heavy atom. The van der Waals surface area contributed by atoms with Gasteiger partial charge >= 0.3 is 0 Å². The quantitative estimate of drug-likeness (QED) is 0.843. The number of nitrogens with one attached hydrogen (secondary N) is 1. The van der Waals surface area contributed by atoms with Gasteiger partial charge in [-0.15, -0.1) is 0 Å². The Morgan fingerprint density at radius 1 is 1.43 bits per heavy atom. The number of halogens is 2. The van der Waals surface area contributed by atoms with Gasteiger partial charge in [0.25, 0.3) is 0 Å². The molecule has 0 amide bonds. The third-order valence-electron chi connectivity index (χ3n) is 4.31. The monoisotopic (exact) mass is 313 g/mol. The zero-order chi connectivity index (χ0) is 15.3. The SMILES string of the molecule is CCCNC(Cc1cc(Cl)ccc1F)C1(C)CCCCO1. The van der Waals surface area contributed by atoms with E-state index in [1.807, 2.05) is 0 Å². The van der Waals surface area contributed by atoms with Gasteiger partial charge < -0.3 is 10.1 Å². The third-order valence-corrected chi connectivity index (χ3v) is 4.54. The van der Waals surface area contributed by atoms with Gasteiger partial charge in [0.05, 0.1) is 5.60 Å². The van der Waals surface area contributed by atoms with E-state index in [0.717, 1.165) is 32.4 Å². The van der Waals surface area contributed by atoms with E-state index in [-0.39, 0.29) is 17.5 Å². The first-order valence-electron chi connectivity index (χ1n) is 7.86. The molecule has 4 heteroatoms. The molecule has 0 aliphatic carbocycles. The summed E-state index contributed by atoms with van der Waals surface area (Å²) in [5.74, 6) is -0.192. The smallest absolute Gasteiger partial charge is 0.126 e. The van der Waals surface area contributed by atoms with Crippen molar-refractivity contribution >= 4 is 11.6 Å². The predicted octanol–water partition coefficient (Wildman–Crippen LogP) is 4.35. The lowest BCUT2D eigenvalue weighted by molar-refractivity contribution is -0.0884. The third kappa shape index (κ3) is 4.41. The molecule has 2 rings (SSSR count). The summed E-state index contributed by atoms with van der Waals surface area (Å²) in [6, 6.07) is 4.86. The topological polar surface area (TPSA) is 21.3 Å². The van der Waals surface area contributed by atoms with Gasteiger partial charge in [-0.2, -0.15) is 0 Å². The molecule has 1 aromatic rings. The normalized spacial score (nSPS) is 24.0. The number of benzene rings is 1. The van der Waals surface area contributed by atoms with Gasteiger partial charge in [-0.05, 0) is 69.3 Å². The van der Waals surface area contributed by atoms with Crippen LogP contribution in [-0.2, 0) is 11.2 Å². The number of hydrogen-bond acceptors (Lipinski definition) is 2. The van der Waals surface area contributed by atoms with E-state index in [0.29, 0.717) is 17.0 Å². The van der Waals surface area contributed by atoms with E-state index in [9.17, 15) is 4.39 Å². The fourth-order valence-electron chi connectivity index (χ4n) is 2.97. The van der Waals surface area contributed by atoms with Crippen LogP contribution < -0.4 is 5.32 Å². The average Bonchev–Trinajstić information content (AvgIpc) is 2.47. The summed E-state index contributed by atoms with van der Waals surface area (Å²) in [6.45, 7) is 5.97. The second kappa shape index (κ2) is 7.57. The van der Waals surface area contributed by atoms with E-state index in [4.69, 9.17) is 16.3 Å². The Bertz CT molecular complexity index is 460. The molecular weight excluding hydrogens is 289 g/mol. The standard InChI is InChI=1S/C17H25ClFNO/c1-3-9-20-16(17(2)8-4-5-10-21-17)12-13-11-14(18)6-7-15(13)19/h6-7,11,16,20H,3-5,8-10,12H2,1-2H3. The molecule has 0 spiro atoms. The van der Waals surface area contributed by atoms with E-state index in [1.54, 1.807) is 12.1 Å². The van der Waals surface area contributed by atoms with E-state index < -0.39 is 0 Å². The summed E-state index contributed by atoms with van der Waals surface area (Å²) in [5, 5.41) is 4.12. The van der Waals surface area contributed by atoms with Crippen molar-refractivity contribution in [1.29, 1.82) is 0 Å². The highest BCUT2D eigenvalue weighted by Gasteiger charge is 2.36. The molecule has 1 aliphatic heterocycles. The zero-order valence-electron chi connectivity index (χ0n) is 12.9. The minimum Gasteiger partial charge on any atom is -0.374 e. The van der Waals surface area contributed by atoms with Crippen molar-refractivity contribution in [2.75, 3.05) is 13.2 Å². The number of rotatable bonds is 6. The van der Waals surface area contributed by atoms with Crippen molar-refractivity contribution in [3.63, 3.8) is 0 Å². The first-order valence-corrected chi connectivity index (χ1v) is 8.24. The molecule has 2 unspecified atom stereocenters. The van der Waals surface area contributed by atoms with Crippen LogP contribution in [0.1, 0.15) is 45.1 Å². The highest BCUT2D eigenvalue weighted by molar-refractivity contribution is 6.30. The van der Waals surface area contributed by atoms with Crippen LogP contribution in [0, 0.1) is 5.82 Å². The molecule has 2 nitrogen and oxygen atoms in total. The van der Waals surface area contributed by atoms with Gasteiger partial charge in [-0.1, -0.05) is 18.5 Å². The van der Waals surface area contributed by atoms with Gasteiger partial charge in [0, 0.05) is 17.7 Å². The second-order valence-corrected chi connectivity index (χ2v) is 6.50. The fourth-order valence-corrected chi connectivity index (χ4v) is 3.17. The van der Waals surface area contributed by atoms with Crippen LogP contribution in [0.4, 0.5) is 4.39 Å². The largest absolute Gasteiger partial charge is 0.374 e. The molecule has 2 atom stereocenters. The second-order valence-electron chi connectivity index (χ2n) is 6.06. The molecule has 21 heavy (non-hydrogen) atoms. The van der Waals surface area contributed by atoms with Gasteiger partial charge in [0.2, 0.25) is 0 Å². The first-order chi connectivity index (χ1) is 10.0. The lowest BCUT2D eigenvalue weighted by Gasteiger charge is -2.41. The maximum Gasteiger partial charge on any atom is 0.126 e. The molecule has 118 valence electrons. The van der Waals surface area contributed by atoms with Crippen molar-refractivity contribution in [2.24, 2.45) is 0 Å². The summed E-state index contributed by atoms with van der Waals surface area (Å²) in [7, 11) is 0. The van der Waals surface area contributed by atoms with Gasteiger partial charge in [-0.25, -0.2) is 4.39 Å². The Balaban J connectivity index is 2.17. The van der Waals surface area contributed by atoms with Crippen LogP contribution in [0.5, 0.6) is 0 Å². The Labute approximate surface area is 132 Å². The predicted molar refractivity (Wildman–Crippen MR) is 85.4 cm³/mol. The molecule has 1 N–H and O–H groups in total. The van der Waals surface area contributed by atoms with Gasteiger partial charge in [0.1, 0.15) is 5.82 Å². The highest BCUT2D eigenvalue weighted by atomic mass is 35.5. The van der Waals surface area contributed by atoms with Crippen LogP contribution >= 0.6 is 11.6 Å². The van der Waals surface area contributed by atoms with Crippen molar-refractivity contribution in [1.82, 2.24) is 5.32 Å². The molecule has 1 heterocycles. The minimum absolute atomic E-state index is 0.103. The Hall–Kier alpha value is -0.640. The maximum absolute atomic E-state index is 14.0. The van der Waals surface area contributed by atoms with Crippen molar-refractivity contribution in [3.05, 3.63) is 34.6 Å². The number of hydrogen-bond donors (Lipinski definition) is 1. The highest BCUT2D eigenvalue weighted by Crippen LogP contribution is 2.30. The summed E-state index contributed by atoms with van der Waals surface area (Å²) in [5.41, 5.74) is 0.425. The fraction of sp³-hybridized carbons (Fsp3) is 0.647. The van der Waals surface area contributed by atoms with Crippen LogP contribution in [0.15, 0.2) is 18.2 Å². The first kappa shape index (κ1) is 16.7. The molecule has 0 saturated carbocycles. The molecule has 0 aromatic heterocycles. The molecule has 1 aromatic carbocycles.